The minimum atomic E-state index is 0.0721. The molecule has 6 heteroatoms. The zero-order chi connectivity index (χ0) is 22.4. The number of hydrogen-bond acceptors (Lipinski definition) is 5. The Hall–Kier alpha value is -4.45. The van der Waals surface area contributed by atoms with Crippen molar-refractivity contribution >= 4 is 32.8 Å². The van der Waals surface area contributed by atoms with Gasteiger partial charge in [-0.25, -0.2) is 15.0 Å². The van der Waals surface area contributed by atoms with Gasteiger partial charge >= 0.3 is 0 Å². The van der Waals surface area contributed by atoms with Crippen molar-refractivity contribution in [2.45, 2.75) is 13.3 Å². The second kappa shape index (κ2) is 7.60. The van der Waals surface area contributed by atoms with Gasteiger partial charge in [-0.3, -0.25) is 4.57 Å². The molecule has 6 aromatic rings. The summed E-state index contributed by atoms with van der Waals surface area (Å²) in [6.45, 7) is 2.16. The average Bonchev–Trinajstić information content (AvgIpc) is 3.17. The maximum Gasteiger partial charge on any atom is 0.238 e. The van der Waals surface area contributed by atoms with E-state index in [9.17, 15) is 5.11 Å². The van der Waals surface area contributed by atoms with Crippen LogP contribution in [0.15, 0.2) is 85.2 Å². The van der Waals surface area contributed by atoms with E-state index in [4.69, 9.17) is 4.74 Å². The summed E-state index contributed by atoms with van der Waals surface area (Å²) < 4.78 is 8.22. The first-order chi connectivity index (χ1) is 16.2. The smallest absolute Gasteiger partial charge is 0.238 e. The Kier molecular flexibility index (Phi) is 4.43. The zero-order valence-corrected chi connectivity index (χ0v) is 17.9. The predicted molar refractivity (Wildman–Crippen MR) is 129 cm³/mol. The highest BCUT2D eigenvalue weighted by Gasteiger charge is 2.15. The second-order valence-electron chi connectivity index (χ2n) is 7.86. The Labute approximate surface area is 189 Å². The van der Waals surface area contributed by atoms with Crippen molar-refractivity contribution in [2.75, 3.05) is 0 Å². The number of pyridine rings is 1. The van der Waals surface area contributed by atoms with Crippen molar-refractivity contribution in [3.05, 3.63) is 90.8 Å². The van der Waals surface area contributed by atoms with Gasteiger partial charge < -0.3 is 9.84 Å². The molecule has 0 radical (unpaired) electrons. The minimum absolute atomic E-state index is 0.0721. The molecule has 0 aliphatic rings. The second-order valence-corrected chi connectivity index (χ2v) is 7.86. The molecule has 0 atom stereocenters. The first kappa shape index (κ1) is 19.3. The van der Waals surface area contributed by atoms with Crippen LogP contribution in [0.25, 0.3) is 38.7 Å². The molecule has 3 aromatic heterocycles. The lowest BCUT2D eigenvalue weighted by Crippen LogP contribution is -1.97. The molecule has 0 saturated heterocycles. The number of para-hydroxylation sites is 1. The SMILES string of the molecule is CCc1ccc2c3ccc(Oc4cnc5cccc(O)c5n4)cc3n(-c3ccccn3)c2c1. The lowest BCUT2D eigenvalue weighted by atomic mass is 10.1. The van der Waals surface area contributed by atoms with Crippen LogP contribution >= 0.6 is 0 Å². The molecule has 1 N–H and O–H groups in total. The summed E-state index contributed by atoms with van der Waals surface area (Å²) in [6.07, 6.45) is 4.32. The summed E-state index contributed by atoms with van der Waals surface area (Å²) >= 11 is 0. The van der Waals surface area contributed by atoms with Crippen LogP contribution in [0.4, 0.5) is 0 Å². The van der Waals surface area contributed by atoms with Crippen LogP contribution in [0.2, 0.25) is 0 Å². The van der Waals surface area contributed by atoms with Gasteiger partial charge in [0, 0.05) is 23.0 Å². The third kappa shape index (κ3) is 3.24. The lowest BCUT2D eigenvalue weighted by molar-refractivity contribution is 0.458. The third-order valence-corrected chi connectivity index (χ3v) is 5.84. The van der Waals surface area contributed by atoms with Gasteiger partial charge in [0.1, 0.15) is 22.8 Å². The van der Waals surface area contributed by atoms with E-state index in [1.54, 1.807) is 30.6 Å². The molecule has 0 unspecified atom stereocenters. The van der Waals surface area contributed by atoms with Gasteiger partial charge in [-0.15, -0.1) is 0 Å². The molecule has 0 saturated carbocycles. The molecule has 0 bridgehead atoms. The van der Waals surface area contributed by atoms with Crippen LogP contribution in [0.3, 0.4) is 0 Å². The molecule has 6 nitrogen and oxygen atoms in total. The average molecular weight is 432 g/mol. The van der Waals surface area contributed by atoms with E-state index in [-0.39, 0.29) is 5.75 Å². The molecular weight excluding hydrogens is 412 g/mol. The molecule has 0 aliphatic heterocycles. The quantitative estimate of drug-likeness (QED) is 0.360. The Balaban J connectivity index is 1.53. The first-order valence-electron chi connectivity index (χ1n) is 10.8. The van der Waals surface area contributed by atoms with Crippen LogP contribution in [0, 0.1) is 0 Å². The van der Waals surface area contributed by atoms with Crippen LogP contribution in [-0.4, -0.2) is 24.6 Å². The number of rotatable bonds is 4. The lowest BCUT2D eigenvalue weighted by Gasteiger charge is -2.09. The van der Waals surface area contributed by atoms with Crippen molar-refractivity contribution in [2.24, 2.45) is 0 Å². The molecule has 3 aromatic carbocycles. The van der Waals surface area contributed by atoms with Gasteiger partial charge in [-0.2, -0.15) is 0 Å². The van der Waals surface area contributed by atoms with Crippen LogP contribution in [0.1, 0.15) is 12.5 Å². The van der Waals surface area contributed by atoms with E-state index < -0.39 is 0 Å². The minimum Gasteiger partial charge on any atom is -0.506 e. The standard InChI is InChI=1S/C27H20N4O2/c1-2-17-9-11-19-20-12-10-18(33-26-16-29-21-6-5-7-24(32)27(21)30-26)15-23(20)31(22(19)14-17)25-8-3-4-13-28-25/h3-16,32H,2H2,1H3. The Morgan fingerprint density at radius 3 is 2.55 bits per heavy atom. The van der Waals surface area contributed by atoms with Crippen LogP contribution < -0.4 is 4.74 Å². The predicted octanol–water partition coefficient (Wildman–Crippen LogP) is 6.18. The molecule has 0 spiro atoms. The van der Waals surface area contributed by atoms with Gasteiger partial charge in [0.05, 0.1) is 22.7 Å². The van der Waals surface area contributed by atoms with E-state index in [1.807, 2.05) is 30.3 Å². The van der Waals surface area contributed by atoms with E-state index in [0.29, 0.717) is 22.7 Å². The highest BCUT2D eigenvalue weighted by Crippen LogP contribution is 2.35. The van der Waals surface area contributed by atoms with Gasteiger partial charge in [-0.1, -0.05) is 31.2 Å². The topological polar surface area (TPSA) is 73.1 Å². The zero-order valence-electron chi connectivity index (χ0n) is 17.9. The number of ether oxygens (including phenoxy) is 1. The van der Waals surface area contributed by atoms with E-state index in [2.05, 4.69) is 50.7 Å². The Morgan fingerprint density at radius 2 is 1.73 bits per heavy atom. The largest absolute Gasteiger partial charge is 0.506 e. The molecular formula is C27H20N4O2. The van der Waals surface area contributed by atoms with Crippen molar-refractivity contribution in [1.82, 2.24) is 19.5 Å². The number of hydrogen-bond donors (Lipinski definition) is 1. The normalized spacial score (nSPS) is 11.4. The summed E-state index contributed by atoms with van der Waals surface area (Å²) in [7, 11) is 0. The molecule has 160 valence electrons. The van der Waals surface area contributed by atoms with Crippen LogP contribution in [0.5, 0.6) is 17.4 Å². The molecule has 33 heavy (non-hydrogen) atoms. The Bertz CT molecular complexity index is 1640. The number of phenols is 1. The number of aromatic nitrogens is 4. The molecule has 0 aliphatic carbocycles. The number of phenolic OH excluding ortho intramolecular Hbond substituents is 1. The van der Waals surface area contributed by atoms with E-state index in [0.717, 1.165) is 34.0 Å². The van der Waals surface area contributed by atoms with Crippen molar-refractivity contribution in [3.63, 3.8) is 0 Å². The fourth-order valence-electron chi connectivity index (χ4n) is 4.23. The van der Waals surface area contributed by atoms with Gasteiger partial charge in [0.2, 0.25) is 5.88 Å². The van der Waals surface area contributed by atoms with Crippen molar-refractivity contribution in [3.8, 4) is 23.2 Å². The summed E-state index contributed by atoms with van der Waals surface area (Å²) in [6, 6.07) is 23.6. The fourth-order valence-corrected chi connectivity index (χ4v) is 4.23. The maximum absolute atomic E-state index is 10.1. The van der Waals surface area contributed by atoms with Crippen molar-refractivity contribution in [1.29, 1.82) is 0 Å². The molecule has 3 heterocycles. The van der Waals surface area contributed by atoms with Gasteiger partial charge in [-0.05, 0) is 54.4 Å². The Morgan fingerprint density at radius 1 is 0.879 bits per heavy atom. The van der Waals surface area contributed by atoms with E-state index in [1.165, 1.54) is 5.56 Å². The number of aromatic hydroxyl groups is 1. The molecule has 0 amide bonds. The van der Waals surface area contributed by atoms with Crippen LogP contribution in [-0.2, 0) is 6.42 Å². The summed E-state index contributed by atoms with van der Waals surface area (Å²) in [4.78, 5) is 13.4. The highest BCUT2D eigenvalue weighted by atomic mass is 16.5. The monoisotopic (exact) mass is 432 g/mol. The van der Waals surface area contributed by atoms with E-state index >= 15 is 0 Å². The number of aryl methyl sites for hydroxylation is 1. The number of fused-ring (bicyclic) bond motifs is 4. The van der Waals surface area contributed by atoms with Crippen molar-refractivity contribution < 1.29 is 9.84 Å². The summed E-state index contributed by atoms with van der Waals surface area (Å²) in [5, 5.41) is 12.4. The number of benzene rings is 3. The third-order valence-electron chi connectivity index (χ3n) is 5.84. The molecule has 6 rings (SSSR count). The highest BCUT2D eigenvalue weighted by molar-refractivity contribution is 6.09. The van der Waals surface area contributed by atoms with Gasteiger partial charge in [0.25, 0.3) is 0 Å². The summed E-state index contributed by atoms with van der Waals surface area (Å²) in [5.74, 6) is 1.86. The summed E-state index contributed by atoms with van der Waals surface area (Å²) in [5.41, 5.74) is 4.39. The first-order valence-corrected chi connectivity index (χ1v) is 10.8. The fraction of sp³-hybridized carbons (Fsp3) is 0.0741. The molecule has 0 fully saturated rings. The number of nitrogens with zero attached hydrogens (tertiary/aromatic N) is 4. The maximum atomic E-state index is 10.1. The van der Waals surface area contributed by atoms with Gasteiger partial charge in [0.15, 0.2) is 0 Å².